The number of aryl methyl sites for hydroxylation is 2. The van der Waals surface area contributed by atoms with Gasteiger partial charge < -0.3 is 14.5 Å². The number of rotatable bonds is 7. The molecule has 32 heavy (non-hydrogen) atoms. The molecule has 0 bridgehead atoms. The van der Waals surface area contributed by atoms with Crippen molar-refractivity contribution in [2.45, 2.75) is 40.2 Å². The van der Waals surface area contributed by atoms with Gasteiger partial charge in [-0.25, -0.2) is 4.98 Å². The third-order valence-corrected chi connectivity index (χ3v) is 5.62. The Morgan fingerprint density at radius 1 is 1.22 bits per heavy atom. The number of pyridine rings is 1. The Bertz CT molecular complexity index is 1160. The number of fused-ring (bicyclic) bond motifs is 1. The second kappa shape index (κ2) is 9.30. The number of hydrogen-bond acceptors (Lipinski definition) is 6. The van der Waals surface area contributed by atoms with Crippen molar-refractivity contribution in [3.63, 3.8) is 0 Å². The van der Waals surface area contributed by atoms with E-state index in [2.05, 4.69) is 15.0 Å². The highest BCUT2D eigenvalue weighted by Gasteiger charge is 2.21. The predicted octanol–water partition coefficient (Wildman–Crippen LogP) is 3.20. The van der Waals surface area contributed by atoms with Gasteiger partial charge in [-0.05, 0) is 44.0 Å². The number of amides is 2. The summed E-state index contributed by atoms with van der Waals surface area (Å²) in [5.74, 6) is 0.990. The second-order valence-corrected chi connectivity index (χ2v) is 8.07. The molecule has 2 aromatic heterocycles. The largest absolute Gasteiger partial charge is 0.475 e. The molecule has 0 saturated carbocycles. The lowest BCUT2D eigenvalue weighted by molar-refractivity contribution is -0.128. The van der Waals surface area contributed by atoms with E-state index in [9.17, 15) is 9.59 Å². The van der Waals surface area contributed by atoms with Gasteiger partial charge in [-0.1, -0.05) is 11.6 Å². The number of aromatic nitrogens is 3. The highest BCUT2D eigenvalue weighted by molar-refractivity contribution is 5.92. The fourth-order valence-corrected chi connectivity index (χ4v) is 3.88. The molecule has 0 unspecified atom stereocenters. The number of benzene rings is 1. The van der Waals surface area contributed by atoms with Crippen LogP contribution in [0.4, 0.5) is 5.69 Å². The van der Waals surface area contributed by atoms with Crippen molar-refractivity contribution in [2.75, 3.05) is 24.6 Å². The number of carbonyl (C=O) groups excluding carboxylic acids is 2. The van der Waals surface area contributed by atoms with E-state index in [1.807, 2.05) is 43.0 Å². The van der Waals surface area contributed by atoms with Crippen LogP contribution in [0, 0.1) is 13.8 Å². The minimum absolute atomic E-state index is 0.122. The SMILES string of the molecule is CC(=O)N(Cc1nc(OCCN2CCCC2=O)c2cc(C)ccc2n1)c1cnccc1C. The lowest BCUT2D eigenvalue weighted by Gasteiger charge is -2.22. The van der Waals surface area contributed by atoms with E-state index in [0.29, 0.717) is 31.3 Å². The van der Waals surface area contributed by atoms with E-state index in [-0.39, 0.29) is 18.4 Å². The average Bonchev–Trinajstić information content (AvgIpc) is 3.17. The third kappa shape index (κ3) is 4.69. The smallest absolute Gasteiger partial charge is 0.224 e. The number of carbonyl (C=O) groups is 2. The highest BCUT2D eigenvalue weighted by atomic mass is 16.5. The van der Waals surface area contributed by atoms with E-state index in [0.717, 1.165) is 40.7 Å². The molecule has 0 atom stereocenters. The lowest BCUT2D eigenvalue weighted by atomic mass is 10.1. The fraction of sp³-hybridized carbons (Fsp3) is 0.375. The van der Waals surface area contributed by atoms with E-state index in [1.165, 1.54) is 6.92 Å². The number of likely N-dealkylation sites (tertiary alicyclic amines) is 1. The van der Waals surface area contributed by atoms with Crippen LogP contribution >= 0.6 is 0 Å². The summed E-state index contributed by atoms with van der Waals surface area (Å²) in [7, 11) is 0. The predicted molar refractivity (Wildman–Crippen MR) is 121 cm³/mol. The quantitative estimate of drug-likeness (QED) is 0.569. The zero-order valence-corrected chi connectivity index (χ0v) is 18.7. The van der Waals surface area contributed by atoms with Gasteiger partial charge in [-0.15, -0.1) is 0 Å². The molecule has 1 aliphatic rings. The maximum Gasteiger partial charge on any atom is 0.224 e. The zero-order chi connectivity index (χ0) is 22.7. The molecule has 1 fully saturated rings. The van der Waals surface area contributed by atoms with Crippen LogP contribution in [0.15, 0.2) is 36.7 Å². The maximum atomic E-state index is 12.4. The monoisotopic (exact) mass is 433 g/mol. The molecule has 1 aromatic carbocycles. The first-order valence-corrected chi connectivity index (χ1v) is 10.8. The van der Waals surface area contributed by atoms with Crippen LogP contribution in [-0.2, 0) is 16.1 Å². The summed E-state index contributed by atoms with van der Waals surface area (Å²) in [5, 5.41) is 0.813. The number of ether oxygens (including phenoxy) is 1. The van der Waals surface area contributed by atoms with E-state index in [1.54, 1.807) is 17.3 Å². The minimum Gasteiger partial charge on any atom is -0.475 e. The molecule has 0 radical (unpaired) electrons. The first-order chi connectivity index (χ1) is 15.4. The molecule has 8 heteroatoms. The summed E-state index contributed by atoms with van der Waals surface area (Å²) in [6.45, 7) is 7.31. The van der Waals surface area contributed by atoms with Crippen LogP contribution in [-0.4, -0.2) is 51.4 Å². The van der Waals surface area contributed by atoms with Gasteiger partial charge in [0.2, 0.25) is 17.7 Å². The van der Waals surface area contributed by atoms with Gasteiger partial charge in [0.25, 0.3) is 0 Å². The number of anilines is 1. The zero-order valence-electron chi connectivity index (χ0n) is 18.7. The summed E-state index contributed by atoms with van der Waals surface area (Å²) >= 11 is 0. The van der Waals surface area contributed by atoms with Crippen molar-refractivity contribution in [1.82, 2.24) is 19.9 Å². The van der Waals surface area contributed by atoms with Crippen molar-refractivity contribution in [3.8, 4) is 5.88 Å². The molecule has 8 nitrogen and oxygen atoms in total. The van der Waals surface area contributed by atoms with Gasteiger partial charge in [0.15, 0.2) is 5.82 Å². The van der Waals surface area contributed by atoms with Crippen molar-refractivity contribution >= 4 is 28.4 Å². The molecule has 2 amide bonds. The average molecular weight is 434 g/mol. The van der Waals surface area contributed by atoms with Gasteiger partial charge in [0.05, 0.1) is 35.9 Å². The Labute approximate surface area is 187 Å². The van der Waals surface area contributed by atoms with Crippen LogP contribution in [0.2, 0.25) is 0 Å². The Kier molecular flexibility index (Phi) is 6.30. The highest BCUT2D eigenvalue weighted by Crippen LogP contribution is 2.26. The molecule has 3 heterocycles. The first-order valence-electron chi connectivity index (χ1n) is 10.8. The Balaban J connectivity index is 1.62. The molecular formula is C24H27N5O3. The molecule has 1 aliphatic heterocycles. The fourth-order valence-electron chi connectivity index (χ4n) is 3.88. The summed E-state index contributed by atoms with van der Waals surface area (Å²) in [4.78, 5) is 41.2. The van der Waals surface area contributed by atoms with Crippen LogP contribution < -0.4 is 9.64 Å². The summed E-state index contributed by atoms with van der Waals surface area (Å²) in [5.41, 5.74) is 3.49. The van der Waals surface area contributed by atoms with Crippen molar-refractivity contribution in [1.29, 1.82) is 0 Å². The van der Waals surface area contributed by atoms with Crippen molar-refractivity contribution in [3.05, 3.63) is 53.6 Å². The van der Waals surface area contributed by atoms with Gasteiger partial charge in [0.1, 0.15) is 6.61 Å². The number of nitrogens with zero attached hydrogens (tertiary/aromatic N) is 5. The van der Waals surface area contributed by atoms with E-state index in [4.69, 9.17) is 4.74 Å². The summed E-state index contributed by atoms with van der Waals surface area (Å²) in [6, 6.07) is 7.77. The lowest BCUT2D eigenvalue weighted by Crippen LogP contribution is -2.30. The van der Waals surface area contributed by atoms with Gasteiger partial charge in [0, 0.05) is 26.1 Å². The van der Waals surface area contributed by atoms with E-state index >= 15 is 0 Å². The summed E-state index contributed by atoms with van der Waals surface area (Å²) < 4.78 is 6.04. The molecule has 0 spiro atoms. The second-order valence-electron chi connectivity index (χ2n) is 8.07. The number of hydrogen-bond donors (Lipinski definition) is 0. The van der Waals surface area contributed by atoms with Gasteiger partial charge in [-0.3, -0.25) is 14.6 Å². The van der Waals surface area contributed by atoms with E-state index < -0.39 is 0 Å². The van der Waals surface area contributed by atoms with Gasteiger partial charge >= 0.3 is 0 Å². The van der Waals surface area contributed by atoms with Crippen LogP contribution in [0.25, 0.3) is 10.9 Å². The van der Waals surface area contributed by atoms with Crippen molar-refractivity contribution < 1.29 is 14.3 Å². The molecule has 0 N–H and O–H groups in total. The normalized spacial score (nSPS) is 13.6. The first kappa shape index (κ1) is 21.7. The molecule has 4 rings (SSSR count). The Hall–Kier alpha value is -3.55. The van der Waals surface area contributed by atoms with Crippen LogP contribution in [0.3, 0.4) is 0 Å². The molecule has 166 valence electrons. The topological polar surface area (TPSA) is 88.5 Å². The van der Waals surface area contributed by atoms with Crippen molar-refractivity contribution in [2.24, 2.45) is 0 Å². The molecule has 3 aromatic rings. The third-order valence-electron chi connectivity index (χ3n) is 5.62. The Morgan fingerprint density at radius 2 is 2.06 bits per heavy atom. The standard InChI is InChI=1S/C24H27N5O3/c1-16-6-7-20-19(13-16)24(32-12-11-28-10-4-5-23(28)31)27-22(26-20)15-29(18(3)30)21-14-25-9-8-17(21)2/h6-9,13-14H,4-5,10-12,15H2,1-3H3. The van der Waals surface area contributed by atoms with Crippen LogP contribution in [0.1, 0.15) is 36.7 Å². The molecule has 1 saturated heterocycles. The molecule has 0 aliphatic carbocycles. The maximum absolute atomic E-state index is 12.4. The summed E-state index contributed by atoms with van der Waals surface area (Å²) in [6.07, 6.45) is 4.87. The molecular weight excluding hydrogens is 406 g/mol. The Morgan fingerprint density at radius 3 is 2.78 bits per heavy atom. The van der Waals surface area contributed by atoms with Gasteiger partial charge in [-0.2, -0.15) is 4.98 Å². The minimum atomic E-state index is -0.122. The van der Waals surface area contributed by atoms with Crippen LogP contribution in [0.5, 0.6) is 5.88 Å².